The highest BCUT2D eigenvalue weighted by molar-refractivity contribution is 5.97. The van der Waals surface area contributed by atoms with Gasteiger partial charge < -0.3 is 14.8 Å². The van der Waals surface area contributed by atoms with E-state index in [9.17, 15) is 9.59 Å². The highest BCUT2D eigenvalue weighted by Crippen LogP contribution is 2.19. The van der Waals surface area contributed by atoms with Gasteiger partial charge in [0.25, 0.3) is 5.91 Å². The summed E-state index contributed by atoms with van der Waals surface area (Å²) in [5.41, 5.74) is 0.605. The van der Waals surface area contributed by atoms with E-state index in [2.05, 4.69) is 5.32 Å². The molecule has 1 heterocycles. The SMILES string of the molecule is CC(C)C[C@@H](NC(=O)c1cc2ccccc2o1)C(=O)O. The van der Waals surface area contributed by atoms with E-state index in [0.29, 0.717) is 12.0 Å². The number of carboxylic acid groups (broad SMARTS) is 1. The number of fused-ring (bicyclic) bond motifs is 1. The van der Waals surface area contributed by atoms with E-state index in [4.69, 9.17) is 9.52 Å². The number of amides is 1. The van der Waals surface area contributed by atoms with Crippen molar-refractivity contribution in [2.75, 3.05) is 0 Å². The van der Waals surface area contributed by atoms with Crippen LogP contribution in [0.3, 0.4) is 0 Å². The summed E-state index contributed by atoms with van der Waals surface area (Å²) < 4.78 is 5.41. The molecule has 5 nitrogen and oxygen atoms in total. The summed E-state index contributed by atoms with van der Waals surface area (Å²) in [6, 6.07) is 7.95. The average Bonchev–Trinajstić information content (AvgIpc) is 2.81. The lowest BCUT2D eigenvalue weighted by Crippen LogP contribution is -2.41. The van der Waals surface area contributed by atoms with Gasteiger partial charge in [-0.2, -0.15) is 0 Å². The fourth-order valence-electron chi connectivity index (χ4n) is 2.02. The Labute approximate surface area is 116 Å². The molecule has 0 aliphatic rings. The normalized spacial score (nSPS) is 12.6. The third kappa shape index (κ3) is 3.17. The van der Waals surface area contributed by atoms with Gasteiger partial charge in [-0.3, -0.25) is 4.79 Å². The van der Waals surface area contributed by atoms with E-state index >= 15 is 0 Å². The lowest BCUT2D eigenvalue weighted by molar-refractivity contribution is -0.139. The van der Waals surface area contributed by atoms with Gasteiger partial charge in [-0.15, -0.1) is 0 Å². The third-order valence-electron chi connectivity index (χ3n) is 2.96. The first-order valence-corrected chi connectivity index (χ1v) is 6.49. The molecule has 2 rings (SSSR count). The van der Waals surface area contributed by atoms with Crippen LogP contribution in [-0.4, -0.2) is 23.0 Å². The Morgan fingerprint density at radius 1 is 1.30 bits per heavy atom. The molecular formula is C15H17NO4. The predicted molar refractivity (Wildman–Crippen MR) is 74.6 cm³/mol. The van der Waals surface area contributed by atoms with E-state index in [1.54, 1.807) is 12.1 Å². The lowest BCUT2D eigenvalue weighted by atomic mass is 10.0. The number of hydrogen-bond donors (Lipinski definition) is 2. The molecule has 2 N–H and O–H groups in total. The molecule has 0 radical (unpaired) electrons. The molecule has 0 aliphatic carbocycles. The van der Waals surface area contributed by atoms with Crippen molar-refractivity contribution < 1.29 is 19.1 Å². The van der Waals surface area contributed by atoms with Gasteiger partial charge in [0.2, 0.25) is 0 Å². The van der Waals surface area contributed by atoms with Gasteiger partial charge in [-0.25, -0.2) is 4.79 Å². The van der Waals surface area contributed by atoms with Crippen molar-refractivity contribution in [3.8, 4) is 0 Å². The van der Waals surface area contributed by atoms with E-state index in [1.165, 1.54) is 0 Å². The van der Waals surface area contributed by atoms with Gasteiger partial charge in [0.1, 0.15) is 11.6 Å². The van der Waals surface area contributed by atoms with Crippen LogP contribution < -0.4 is 5.32 Å². The molecule has 1 amide bonds. The summed E-state index contributed by atoms with van der Waals surface area (Å²) in [7, 11) is 0. The number of benzene rings is 1. The Morgan fingerprint density at radius 3 is 2.60 bits per heavy atom. The molecular weight excluding hydrogens is 258 g/mol. The molecule has 0 saturated carbocycles. The van der Waals surface area contributed by atoms with Gasteiger partial charge in [-0.1, -0.05) is 32.0 Å². The van der Waals surface area contributed by atoms with Gasteiger partial charge in [0.15, 0.2) is 5.76 Å². The van der Waals surface area contributed by atoms with Crippen LogP contribution in [0.25, 0.3) is 11.0 Å². The summed E-state index contributed by atoms with van der Waals surface area (Å²) in [5, 5.41) is 12.4. The average molecular weight is 275 g/mol. The zero-order valence-corrected chi connectivity index (χ0v) is 11.4. The molecule has 0 fully saturated rings. The summed E-state index contributed by atoms with van der Waals surface area (Å²) in [6.45, 7) is 3.81. The first-order valence-electron chi connectivity index (χ1n) is 6.49. The van der Waals surface area contributed by atoms with Gasteiger partial charge in [0, 0.05) is 5.39 Å². The van der Waals surface area contributed by atoms with Crippen LogP contribution in [0.5, 0.6) is 0 Å². The molecule has 0 bridgehead atoms. The summed E-state index contributed by atoms with van der Waals surface area (Å²) in [5.74, 6) is -1.24. The van der Waals surface area contributed by atoms with E-state index < -0.39 is 17.9 Å². The van der Waals surface area contributed by atoms with Crippen molar-refractivity contribution in [3.05, 3.63) is 36.1 Å². The summed E-state index contributed by atoms with van der Waals surface area (Å²) in [4.78, 5) is 23.2. The smallest absolute Gasteiger partial charge is 0.326 e. The summed E-state index contributed by atoms with van der Waals surface area (Å²) in [6.07, 6.45) is 0.376. The van der Waals surface area contributed by atoms with E-state index in [0.717, 1.165) is 5.39 Å². The number of furan rings is 1. The topological polar surface area (TPSA) is 79.5 Å². The standard InChI is InChI=1S/C15H17NO4/c1-9(2)7-11(15(18)19)16-14(17)13-8-10-5-3-4-6-12(10)20-13/h3-6,8-9,11H,7H2,1-2H3,(H,16,17)(H,18,19)/t11-/m1/s1. The van der Waals surface area contributed by atoms with E-state index in [-0.39, 0.29) is 11.7 Å². The largest absolute Gasteiger partial charge is 0.480 e. The van der Waals surface area contributed by atoms with Gasteiger partial charge in [-0.05, 0) is 24.5 Å². The van der Waals surface area contributed by atoms with Crippen LogP contribution in [-0.2, 0) is 4.79 Å². The minimum absolute atomic E-state index is 0.126. The van der Waals surface area contributed by atoms with Crippen molar-refractivity contribution in [2.24, 2.45) is 5.92 Å². The molecule has 0 unspecified atom stereocenters. The Kier molecular flexibility index (Phi) is 4.08. The number of hydrogen-bond acceptors (Lipinski definition) is 3. The van der Waals surface area contributed by atoms with Crippen molar-refractivity contribution >= 4 is 22.8 Å². The Hall–Kier alpha value is -2.30. The molecule has 1 atom stereocenters. The second-order valence-electron chi connectivity index (χ2n) is 5.14. The number of para-hydroxylation sites is 1. The maximum atomic E-state index is 12.0. The number of aliphatic carboxylic acids is 1. The van der Waals surface area contributed by atoms with Crippen molar-refractivity contribution in [3.63, 3.8) is 0 Å². The second-order valence-corrected chi connectivity index (χ2v) is 5.14. The van der Waals surface area contributed by atoms with Crippen LogP contribution in [0.2, 0.25) is 0 Å². The van der Waals surface area contributed by atoms with Gasteiger partial charge >= 0.3 is 5.97 Å². The van der Waals surface area contributed by atoms with Crippen molar-refractivity contribution in [1.29, 1.82) is 0 Å². The molecule has 0 aliphatic heterocycles. The zero-order chi connectivity index (χ0) is 14.7. The quantitative estimate of drug-likeness (QED) is 0.879. The molecule has 106 valence electrons. The van der Waals surface area contributed by atoms with Crippen LogP contribution in [0.4, 0.5) is 0 Å². The maximum absolute atomic E-state index is 12.0. The minimum atomic E-state index is -1.04. The van der Waals surface area contributed by atoms with Gasteiger partial charge in [0.05, 0.1) is 0 Å². The van der Waals surface area contributed by atoms with Crippen molar-refractivity contribution in [1.82, 2.24) is 5.32 Å². The number of nitrogens with one attached hydrogen (secondary N) is 1. The monoisotopic (exact) mass is 275 g/mol. The first-order chi connectivity index (χ1) is 9.47. The predicted octanol–water partition coefficient (Wildman–Crippen LogP) is 2.66. The van der Waals surface area contributed by atoms with Crippen molar-refractivity contribution in [2.45, 2.75) is 26.3 Å². The van der Waals surface area contributed by atoms with Crippen LogP contribution in [0, 0.1) is 5.92 Å². The molecule has 5 heteroatoms. The third-order valence-corrected chi connectivity index (χ3v) is 2.96. The lowest BCUT2D eigenvalue weighted by Gasteiger charge is -2.15. The molecule has 1 aromatic carbocycles. The van der Waals surface area contributed by atoms with Crippen LogP contribution in [0.15, 0.2) is 34.7 Å². The number of carbonyl (C=O) groups excluding carboxylic acids is 1. The molecule has 20 heavy (non-hydrogen) atoms. The molecule has 0 spiro atoms. The Morgan fingerprint density at radius 2 is 2.00 bits per heavy atom. The molecule has 0 saturated heterocycles. The number of rotatable bonds is 5. The Bertz CT molecular complexity index is 597. The maximum Gasteiger partial charge on any atom is 0.326 e. The fourth-order valence-corrected chi connectivity index (χ4v) is 2.02. The number of carboxylic acids is 1. The zero-order valence-electron chi connectivity index (χ0n) is 11.4. The molecule has 2 aromatic rings. The summed E-state index contributed by atoms with van der Waals surface area (Å²) >= 11 is 0. The van der Waals surface area contributed by atoms with Crippen LogP contribution >= 0.6 is 0 Å². The first kappa shape index (κ1) is 14.1. The molecule has 1 aromatic heterocycles. The minimum Gasteiger partial charge on any atom is -0.480 e. The Balaban J connectivity index is 2.15. The highest BCUT2D eigenvalue weighted by atomic mass is 16.4. The second kappa shape index (κ2) is 5.77. The number of carbonyl (C=O) groups is 2. The fraction of sp³-hybridized carbons (Fsp3) is 0.333. The van der Waals surface area contributed by atoms with E-state index in [1.807, 2.05) is 32.0 Å². The highest BCUT2D eigenvalue weighted by Gasteiger charge is 2.23. The van der Waals surface area contributed by atoms with Crippen LogP contribution in [0.1, 0.15) is 30.8 Å².